The topological polar surface area (TPSA) is 29.3 Å². The smallest absolute Gasteiger partial charge is 0.358 e. The molecule has 0 aromatic heterocycles. The minimum absolute atomic E-state index is 0.193. The van der Waals surface area contributed by atoms with E-state index in [1.807, 2.05) is 19.1 Å². The van der Waals surface area contributed by atoms with Gasteiger partial charge in [0.2, 0.25) is 0 Å². The summed E-state index contributed by atoms with van der Waals surface area (Å²) in [4.78, 5) is 1.46. The summed E-state index contributed by atoms with van der Waals surface area (Å²) in [5.74, 6) is 0.193. The van der Waals surface area contributed by atoms with E-state index in [4.69, 9.17) is 5.73 Å². The molecule has 1 aliphatic rings. The van der Waals surface area contributed by atoms with E-state index in [1.165, 1.54) is 4.90 Å². The highest BCUT2D eigenvalue weighted by Crippen LogP contribution is 2.37. The van der Waals surface area contributed by atoms with Gasteiger partial charge in [-0.25, -0.2) is 0 Å². The molecular formula is C15H21F3N2. The summed E-state index contributed by atoms with van der Waals surface area (Å²) in [6, 6.07) is 4.81. The summed E-state index contributed by atoms with van der Waals surface area (Å²) >= 11 is 0. The maximum absolute atomic E-state index is 13.4. The number of nitrogens with two attached hydrogens (primary N) is 1. The van der Waals surface area contributed by atoms with Crippen molar-refractivity contribution < 1.29 is 13.2 Å². The SMILES string of the molecule is CCC(N)C(N1CC(C)Cc2ccccc21)C(F)(F)F. The van der Waals surface area contributed by atoms with E-state index in [1.54, 1.807) is 19.1 Å². The molecule has 0 aliphatic carbocycles. The van der Waals surface area contributed by atoms with Crippen molar-refractivity contribution in [1.29, 1.82) is 0 Å². The zero-order chi connectivity index (χ0) is 14.9. The molecule has 3 unspecified atom stereocenters. The monoisotopic (exact) mass is 286 g/mol. The molecule has 1 aliphatic heterocycles. The molecule has 20 heavy (non-hydrogen) atoms. The zero-order valence-corrected chi connectivity index (χ0v) is 11.8. The summed E-state index contributed by atoms with van der Waals surface area (Å²) in [6.07, 6.45) is -3.20. The molecule has 0 fully saturated rings. The number of benzene rings is 1. The lowest BCUT2D eigenvalue weighted by Gasteiger charge is -2.43. The third kappa shape index (κ3) is 2.92. The highest BCUT2D eigenvalue weighted by molar-refractivity contribution is 5.57. The molecule has 0 saturated carbocycles. The van der Waals surface area contributed by atoms with Crippen molar-refractivity contribution in [2.24, 2.45) is 11.7 Å². The number of rotatable bonds is 3. The van der Waals surface area contributed by atoms with E-state index in [-0.39, 0.29) is 5.92 Å². The van der Waals surface area contributed by atoms with E-state index < -0.39 is 18.3 Å². The van der Waals surface area contributed by atoms with Crippen LogP contribution in [0.5, 0.6) is 0 Å². The van der Waals surface area contributed by atoms with Crippen molar-refractivity contribution in [3.63, 3.8) is 0 Å². The first kappa shape index (κ1) is 15.2. The van der Waals surface area contributed by atoms with Gasteiger partial charge >= 0.3 is 6.18 Å². The van der Waals surface area contributed by atoms with Crippen molar-refractivity contribution in [1.82, 2.24) is 0 Å². The van der Waals surface area contributed by atoms with E-state index >= 15 is 0 Å². The Morgan fingerprint density at radius 1 is 1.35 bits per heavy atom. The molecular weight excluding hydrogens is 265 g/mol. The number of anilines is 1. The van der Waals surface area contributed by atoms with Gasteiger partial charge in [-0.2, -0.15) is 13.2 Å². The summed E-state index contributed by atoms with van der Waals surface area (Å²) < 4.78 is 40.3. The highest BCUT2D eigenvalue weighted by Gasteiger charge is 2.48. The van der Waals surface area contributed by atoms with Crippen LogP contribution in [-0.4, -0.2) is 24.8 Å². The summed E-state index contributed by atoms with van der Waals surface area (Å²) in [7, 11) is 0. The van der Waals surface area contributed by atoms with Crippen LogP contribution < -0.4 is 10.6 Å². The molecule has 0 amide bonds. The lowest BCUT2D eigenvalue weighted by atomic mass is 9.91. The van der Waals surface area contributed by atoms with Crippen LogP contribution in [-0.2, 0) is 6.42 Å². The molecule has 0 radical (unpaired) electrons. The molecule has 2 N–H and O–H groups in total. The molecule has 112 valence electrons. The fraction of sp³-hybridized carbons (Fsp3) is 0.600. The number of hydrogen-bond donors (Lipinski definition) is 1. The van der Waals surface area contributed by atoms with Gasteiger partial charge in [-0.05, 0) is 30.4 Å². The van der Waals surface area contributed by atoms with Crippen LogP contribution >= 0.6 is 0 Å². The Morgan fingerprint density at radius 2 is 2.00 bits per heavy atom. The van der Waals surface area contributed by atoms with Crippen molar-refractivity contribution in [2.75, 3.05) is 11.4 Å². The number of halogens is 3. The maximum atomic E-state index is 13.4. The number of fused-ring (bicyclic) bond motifs is 1. The molecule has 2 rings (SSSR count). The standard InChI is InChI=1S/C15H21F3N2/c1-3-12(19)14(15(16,17)18)20-9-10(2)8-11-6-4-5-7-13(11)20/h4-7,10,12,14H,3,8-9,19H2,1-2H3. The van der Waals surface area contributed by atoms with Gasteiger partial charge in [0.25, 0.3) is 0 Å². The van der Waals surface area contributed by atoms with E-state index in [9.17, 15) is 13.2 Å². The van der Waals surface area contributed by atoms with Gasteiger partial charge in [-0.1, -0.05) is 32.0 Å². The largest absolute Gasteiger partial charge is 0.410 e. The van der Waals surface area contributed by atoms with Crippen molar-refractivity contribution >= 4 is 5.69 Å². The summed E-state index contributed by atoms with van der Waals surface area (Å²) in [6.45, 7) is 4.07. The molecule has 0 bridgehead atoms. The van der Waals surface area contributed by atoms with Gasteiger partial charge in [0.05, 0.1) is 0 Å². The molecule has 0 saturated heterocycles. The summed E-state index contributed by atoms with van der Waals surface area (Å²) in [5, 5.41) is 0. The molecule has 1 heterocycles. The van der Waals surface area contributed by atoms with E-state index in [2.05, 4.69) is 0 Å². The number of alkyl halides is 3. The Labute approximate surface area is 117 Å². The van der Waals surface area contributed by atoms with Gasteiger partial charge in [0, 0.05) is 18.3 Å². The first-order chi connectivity index (χ1) is 9.34. The fourth-order valence-electron chi connectivity index (χ4n) is 2.97. The van der Waals surface area contributed by atoms with Crippen LogP contribution in [0.25, 0.3) is 0 Å². The van der Waals surface area contributed by atoms with Gasteiger partial charge < -0.3 is 10.6 Å². The number of hydrogen-bond acceptors (Lipinski definition) is 2. The maximum Gasteiger partial charge on any atom is 0.410 e. The molecule has 0 spiro atoms. The van der Waals surface area contributed by atoms with Crippen LogP contribution in [0.2, 0.25) is 0 Å². The minimum Gasteiger partial charge on any atom is -0.358 e. The number of para-hydroxylation sites is 1. The molecule has 2 nitrogen and oxygen atoms in total. The first-order valence-corrected chi connectivity index (χ1v) is 7.01. The molecule has 1 aromatic carbocycles. The minimum atomic E-state index is -4.32. The second-order valence-electron chi connectivity index (χ2n) is 5.65. The van der Waals surface area contributed by atoms with Gasteiger partial charge in [-0.3, -0.25) is 0 Å². The highest BCUT2D eigenvalue weighted by atomic mass is 19.4. The van der Waals surface area contributed by atoms with E-state index in [0.29, 0.717) is 18.7 Å². The second kappa shape index (κ2) is 5.64. The second-order valence-corrected chi connectivity index (χ2v) is 5.65. The van der Waals surface area contributed by atoms with Crippen molar-refractivity contribution in [2.45, 2.75) is 44.9 Å². The van der Waals surface area contributed by atoms with Crippen LogP contribution in [0.15, 0.2) is 24.3 Å². The van der Waals surface area contributed by atoms with Crippen molar-refractivity contribution in [3.8, 4) is 0 Å². The lowest BCUT2D eigenvalue weighted by Crippen LogP contribution is -2.58. The zero-order valence-electron chi connectivity index (χ0n) is 11.8. The van der Waals surface area contributed by atoms with Crippen molar-refractivity contribution in [3.05, 3.63) is 29.8 Å². The Morgan fingerprint density at radius 3 is 2.60 bits per heavy atom. The third-order valence-electron chi connectivity index (χ3n) is 3.93. The van der Waals surface area contributed by atoms with E-state index in [0.717, 1.165) is 12.0 Å². The third-order valence-corrected chi connectivity index (χ3v) is 3.93. The van der Waals surface area contributed by atoms with Gasteiger partial charge in [-0.15, -0.1) is 0 Å². The molecule has 3 atom stereocenters. The fourth-order valence-corrected chi connectivity index (χ4v) is 2.97. The van der Waals surface area contributed by atoms with Crippen LogP contribution in [0.3, 0.4) is 0 Å². The first-order valence-electron chi connectivity index (χ1n) is 7.01. The van der Waals surface area contributed by atoms with Gasteiger partial charge in [0.1, 0.15) is 6.04 Å². The van der Waals surface area contributed by atoms with Crippen LogP contribution in [0.4, 0.5) is 18.9 Å². The molecule has 5 heteroatoms. The quantitative estimate of drug-likeness (QED) is 0.923. The van der Waals surface area contributed by atoms with Gasteiger partial charge in [0.15, 0.2) is 0 Å². The normalized spacial score (nSPS) is 22.3. The average molecular weight is 286 g/mol. The Kier molecular flexibility index (Phi) is 4.28. The Hall–Kier alpha value is -1.23. The van der Waals surface area contributed by atoms with Crippen LogP contribution in [0.1, 0.15) is 25.8 Å². The predicted molar refractivity (Wildman–Crippen MR) is 74.8 cm³/mol. The average Bonchev–Trinajstić information content (AvgIpc) is 2.36. The van der Waals surface area contributed by atoms with Crippen LogP contribution in [0, 0.1) is 5.92 Å². The summed E-state index contributed by atoms with van der Waals surface area (Å²) in [5.41, 5.74) is 7.43. The Balaban J connectivity index is 2.43. The Bertz CT molecular complexity index is 459. The molecule has 1 aromatic rings. The lowest BCUT2D eigenvalue weighted by molar-refractivity contribution is -0.153. The number of nitrogens with zero attached hydrogens (tertiary/aromatic N) is 1. The predicted octanol–water partition coefficient (Wildman–Crippen LogP) is 3.35.